The van der Waals surface area contributed by atoms with Gasteiger partial charge in [0.15, 0.2) is 5.82 Å². The Morgan fingerprint density at radius 3 is 2.90 bits per heavy atom. The zero-order chi connectivity index (χ0) is 14.5. The average Bonchev–Trinajstić information content (AvgIpc) is 2.83. The maximum atomic E-state index is 11.9. The van der Waals surface area contributed by atoms with Gasteiger partial charge in [-0.3, -0.25) is 0 Å². The van der Waals surface area contributed by atoms with Gasteiger partial charge in [-0.05, 0) is 30.7 Å². The van der Waals surface area contributed by atoms with Gasteiger partial charge in [-0.1, -0.05) is 5.16 Å². The Morgan fingerprint density at radius 2 is 2.20 bits per heavy atom. The molecule has 2 aromatic rings. The van der Waals surface area contributed by atoms with Crippen LogP contribution < -0.4 is 0 Å². The van der Waals surface area contributed by atoms with E-state index in [1.165, 1.54) is 6.07 Å². The summed E-state index contributed by atoms with van der Waals surface area (Å²) in [6.07, 6.45) is -2.18. The molecule has 0 fully saturated rings. The van der Waals surface area contributed by atoms with Gasteiger partial charge in [0.1, 0.15) is 12.4 Å². The first-order valence-corrected chi connectivity index (χ1v) is 6.04. The first-order valence-electron chi connectivity index (χ1n) is 6.04. The Hall–Kier alpha value is -2.02. The molecule has 1 aromatic carbocycles. The molecule has 0 amide bonds. The van der Waals surface area contributed by atoms with Crippen LogP contribution in [0.25, 0.3) is 11.5 Å². The largest absolute Gasteiger partial charge is 0.508 e. The molecule has 0 saturated heterocycles. The van der Waals surface area contributed by atoms with E-state index in [2.05, 4.69) is 10.1 Å². The van der Waals surface area contributed by atoms with Crippen LogP contribution in [0, 0.1) is 6.92 Å². The van der Waals surface area contributed by atoms with Gasteiger partial charge in [0.25, 0.3) is 12.3 Å². The third-order valence-corrected chi connectivity index (χ3v) is 2.62. The van der Waals surface area contributed by atoms with Crippen LogP contribution in [-0.2, 0) is 11.2 Å². The monoisotopic (exact) mass is 284 g/mol. The van der Waals surface area contributed by atoms with Crippen molar-refractivity contribution >= 4 is 0 Å². The van der Waals surface area contributed by atoms with Gasteiger partial charge in [0.05, 0.1) is 6.61 Å². The maximum absolute atomic E-state index is 11.9. The number of ether oxygens (including phenoxy) is 1. The second kappa shape index (κ2) is 6.42. The van der Waals surface area contributed by atoms with E-state index in [1.807, 2.05) is 6.92 Å². The fourth-order valence-electron chi connectivity index (χ4n) is 1.69. The van der Waals surface area contributed by atoms with Crippen LogP contribution in [0.2, 0.25) is 0 Å². The van der Waals surface area contributed by atoms with E-state index < -0.39 is 13.0 Å². The highest BCUT2D eigenvalue weighted by atomic mass is 19.3. The molecule has 0 aliphatic heterocycles. The topological polar surface area (TPSA) is 68.4 Å². The molecule has 0 saturated carbocycles. The summed E-state index contributed by atoms with van der Waals surface area (Å²) in [5, 5.41) is 13.1. The molecule has 0 atom stereocenters. The summed E-state index contributed by atoms with van der Waals surface area (Å²) in [4.78, 5) is 4.16. The summed E-state index contributed by atoms with van der Waals surface area (Å²) in [7, 11) is 0. The number of rotatable bonds is 6. The van der Waals surface area contributed by atoms with Gasteiger partial charge in [0.2, 0.25) is 0 Å². The number of hydrogen-bond donors (Lipinski definition) is 1. The van der Waals surface area contributed by atoms with Crippen molar-refractivity contribution in [3.8, 4) is 17.2 Å². The lowest BCUT2D eigenvalue weighted by Gasteiger charge is -2.01. The van der Waals surface area contributed by atoms with Crippen molar-refractivity contribution in [1.82, 2.24) is 10.1 Å². The number of aromatic nitrogens is 2. The summed E-state index contributed by atoms with van der Waals surface area (Å²) in [5.74, 6) is 0.875. The summed E-state index contributed by atoms with van der Waals surface area (Å²) in [6.45, 7) is 1.32. The second-order valence-corrected chi connectivity index (χ2v) is 4.23. The van der Waals surface area contributed by atoms with Crippen molar-refractivity contribution < 1.29 is 23.1 Å². The lowest BCUT2D eigenvalue weighted by atomic mass is 10.1. The van der Waals surface area contributed by atoms with E-state index >= 15 is 0 Å². The molecule has 0 aliphatic carbocycles. The molecule has 5 nitrogen and oxygen atoms in total. The van der Waals surface area contributed by atoms with Crippen molar-refractivity contribution in [3.63, 3.8) is 0 Å². The van der Waals surface area contributed by atoms with Gasteiger partial charge in [-0.2, -0.15) is 4.98 Å². The molecule has 7 heteroatoms. The van der Waals surface area contributed by atoms with E-state index in [4.69, 9.17) is 9.26 Å². The molecule has 108 valence electrons. The number of phenols is 1. The molecule has 0 unspecified atom stereocenters. The fraction of sp³-hybridized carbons (Fsp3) is 0.385. The van der Waals surface area contributed by atoms with Crippen LogP contribution in [0.5, 0.6) is 5.75 Å². The molecular weight excluding hydrogens is 270 g/mol. The third-order valence-electron chi connectivity index (χ3n) is 2.62. The second-order valence-electron chi connectivity index (χ2n) is 4.23. The predicted octanol–water partition coefficient (Wildman–Crippen LogP) is 2.57. The van der Waals surface area contributed by atoms with Crippen LogP contribution in [0.1, 0.15) is 11.4 Å². The zero-order valence-corrected chi connectivity index (χ0v) is 10.8. The Morgan fingerprint density at radius 1 is 1.40 bits per heavy atom. The summed E-state index contributed by atoms with van der Waals surface area (Å²) < 4.78 is 33.6. The molecule has 2 rings (SSSR count). The highest BCUT2D eigenvalue weighted by Crippen LogP contribution is 2.24. The number of halogens is 2. The van der Waals surface area contributed by atoms with Crippen LogP contribution in [0.3, 0.4) is 0 Å². The van der Waals surface area contributed by atoms with Gasteiger partial charge in [-0.15, -0.1) is 0 Å². The molecule has 0 bridgehead atoms. The highest BCUT2D eigenvalue weighted by Gasteiger charge is 2.12. The van der Waals surface area contributed by atoms with Gasteiger partial charge in [-0.25, -0.2) is 8.78 Å². The minimum absolute atomic E-state index is 0.109. The summed E-state index contributed by atoms with van der Waals surface area (Å²) >= 11 is 0. The summed E-state index contributed by atoms with van der Waals surface area (Å²) in [6, 6.07) is 4.79. The Bertz CT molecular complexity index is 572. The minimum atomic E-state index is -2.48. The Kier molecular flexibility index (Phi) is 4.62. The first-order chi connectivity index (χ1) is 9.56. The lowest BCUT2D eigenvalue weighted by molar-refractivity contribution is 0.0182. The van der Waals surface area contributed by atoms with E-state index in [0.29, 0.717) is 18.1 Å². The van der Waals surface area contributed by atoms with Crippen LogP contribution in [0.4, 0.5) is 8.78 Å². The lowest BCUT2D eigenvalue weighted by Crippen LogP contribution is -2.07. The van der Waals surface area contributed by atoms with Crippen molar-refractivity contribution in [2.45, 2.75) is 19.8 Å². The van der Waals surface area contributed by atoms with E-state index in [1.54, 1.807) is 12.1 Å². The molecule has 1 N–H and O–H groups in total. The number of phenolic OH excluding ortho intramolecular Hbond substituents is 1. The molecule has 20 heavy (non-hydrogen) atoms. The SMILES string of the molecule is Cc1cc(O)ccc1-c1nc(CCOCC(F)F)no1. The Balaban J connectivity index is 1.98. The predicted molar refractivity (Wildman–Crippen MR) is 66.7 cm³/mol. The fourth-order valence-corrected chi connectivity index (χ4v) is 1.69. The molecule has 0 aliphatic rings. The molecule has 1 heterocycles. The smallest absolute Gasteiger partial charge is 0.261 e. The van der Waals surface area contributed by atoms with Crippen molar-refractivity contribution in [3.05, 3.63) is 29.6 Å². The van der Waals surface area contributed by atoms with Crippen LogP contribution in [-0.4, -0.2) is 34.9 Å². The number of nitrogens with zero attached hydrogens (tertiary/aromatic N) is 2. The number of aryl methyl sites for hydroxylation is 1. The zero-order valence-electron chi connectivity index (χ0n) is 10.8. The minimum Gasteiger partial charge on any atom is -0.508 e. The van der Waals surface area contributed by atoms with E-state index in [0.717, 1.165) is 11.1 Å². The van der Waals surface area contributed by atoms with Crippen molar-refractivity contribution in [2.24, 2.45) is 0 Å². The van der Waals surface area contributed by atoms with Gasteiger partial charge < -0.3 is 14.4 Å². The number of benzene rings is 1. The first kappa shape index (κ1) is 14.4. The third kappa shape index (κ3) is 3.74. The van der Waals surface area contributed by atoms with E-state index in [-0.39, 0.29) is 12.4 Å². The van der Waals surface area contributed by atoms with Gasteiger partial charge >= 0.3 is 0 Å². The Labute approximate surface area is 114 Å². The van der Waals surface area contributed by atoms with Gasteiger partial charge in [0, 0.05) is 12.0 Å². The summed E-state index contributed by atoms with van der Waals surface area (Å²) in [5.41, 5.74) is 1.52. The molecule has 0 spiro atoms. The standard InChI is InChI=1S/C13H14F2N2O3/c1-8-6-9(18)2-3-10(8)13-16-12(17-20-13)4-5-19-7-11(14)15/h2-3,6,11,18H,4-5,7H2,1H3. The number of aromatic hydroxyl groups is 1. The van der Waals surface area contributed by atoms with Crippen molar-refractivity contribution in [2.75, 3.05) is 13.2 Å². The number of alkyl halides is 2. The molecular formula is C13H14F2N2O3. The normalized spacial score (nSPS) is 11.2. The van der Waals surface area contributed by atoms with Crippen LogP contribution >= 0.6 is 0 Å². The molecule has 0 radical (unpaired) electrons. The quantitative estimate of drug-likeness (QED) is 0.826. The number of hydrogen-bond acceptors (Lipinski definition) is 5. The van der Waals surface area contributed by atoms with E-state index in [9.17, 15) is 13.9 Å². The highest BCUT2D eigenvalue weighted by molar-refractivity contribution is 5.59. The van der Waals surface area contributed by atoms with Crippen LogP contribution in [0.15, 0.2) is 22.7 Å². The molecule has 1 aromatic heterocycles. The average molecular weight is 284 g/mol. The maximum Gasteiger partial charge on any atom is 0.261 e. The van der Waals surface area contributed by atoms with Crippen molar-refractivity contribution in [1.29, 1.82) is 0 Å².